The summed E-state index contributed by atoms with van der Waals surface area (Å²) >= 11 is 0. The lowest BCUT2D eigenvalue weighted by Gasteiger charge is -2.32. The van der Waals surface area contributed by atoms with E-state index in [9.17, 15) is 5.11 Å². The van der Waals surface area contributed by atoms with Gasteiger partial charge in [0.15, 0.2) is 0 Å². The van der Waals surface area contributed by atoms with Crippen molar-refractivity contribution in [3.63, 3.8) is 0 Å². The molecule has 3 heteroatoms. The highest BCUT2D eigenvalue weighted by Crippen LogP contribution is 2.24. The fourth-order valence-electron chi connectivity index (χ4n) is 2.32. The summed E-state index contributed by atoms with van der Waals surface area (Å²) < 4.78 is 0. The van der Waals surface area contributed by atoms with E-state index in [2.05, 4.69) is 30.8 Å². The van der Waals surface area contributed by atoms with Gasteiger partial charge in [-0.05, 0) is 31.2 Å². The molecule has 1 rings (SSSR count). The molecule has 0 spiro atoms. The Labute approximate surface area is 104 Å². The SMILES string of the molecule is CCCC(C)(CO)CN(C)Cc1ccncc1. The van der Waals surface area contributed by atoms with Crippen LogP contribution in [-0.4, -0.2) is 35.2 Å². The third-order valence-electron chi connectivity index (χ3n) is 3.09. The van der Waals surface area contributed by atoms with Gasteiger partial charge >= 0.3 is 0 Å². The van der Waals surface area contributed by atoms with Crippen LogP contribution in [0.1, 0.15) is 32.3 Å². The van der Waals surface area contributed by atoms with Crippen LogP contribution < -0.4 is 0 Å². The third-order valence-corrected chi connectivity index (χ3v) is 3.09. The molecule has 0 aliphatic carbocycles. The normalized spacial score (nSPS) is 14.9. The first-order chi connectivity index (χ1) is 8.09. The van der Waals surface area contributed by atoms with E-state index in [0.717, 1.165) is 25.9 Å². The highest BCUT2D eigenvalue weighted by Gasteiger charge is 2.24. The fraction of sp³-hybridized carbons (Fsp3) is 0.643. The fourth-order valence-corrected chi connectivity index (χ4v) is 2.32. The quantitative estimate of drug-likeness (QED) is 0.789. The maximum absolute atomic E-state index is 9.49. The van der Waals surface area contributed by atoms with E-state index in [-0.39, 0.29) is 12.0 Å². The highest BCUT2D eigenvalue weighted by atomic mass is 16.3. The molecule has 0 radical (unpaired) electrons. The first-order valence-corrected chi connectivity index (χ1v) is 6.28. The molecule has 0 fully saturated rings. The summed E-state index contributed by atoms with van der Waals surface area (Å²) in [5, 5.41) is 9.49. The molecule has 1 aromatic heterocycles. The average molecular weight is 236 g/mol. The largest absolute Gasteiger partial charge is 0.396 e. The van der Waals surface area contributed by atoms with Crippen LogP contribution in [0.5, 0.6) is 0 Å². The molecular formula is C14H24N2O. The molecule has 0 saturated heterocycles. The molecule has 96 valence electrons. The Morgan fingerprint density at radius 2 is 2.00 bits per heavy atom. The standard InChI is InChI=1S/C14H24N2O/c1-4-7-14(2,12-17)11-16(3)10-13-5-8-15-9-6-13/h5-6,8-9,17H,4,7,10-12H2,1-3H3. The van der Waals surface area contributed by atoms with Crippen LogP contribution in [-0.2, 0) is 6.54 Å². The van der Waals surface area contributed by atoms with Crippen LogP contribution in [0.3, 0.4) is 0 Å². The molecule has 1 atom stereocenters. The number of nitrogens with zero attached hydrogens (tertiary/aromatic N) is 2. The molecule has 1 unspecified atom stereocenters. The van der Waals surface area contributed by atoms with Gasteiger partial charge in [0.25, 0.3) is 0 Å². The predicted molar refractivity (Wildman–Crippen MR) is 70.7 cm³/mol. The van der Waals surface area contributed by atoms with Crippen molar-refractivity contribution in [3.8, 4) is 0 Å². The molecule has 3 nitrogen and oxygen atoms in total. The molecule has 0 saturated carbocycles. The summed E-state index contributed by atoms with van der Waals surface area (Å²) in [6, 6.07) is 4.07. The number of hydrogen-bond donors (Lipinski definition) is 1. The monoisotopic (exact) mass is 236 g/mol. The maximum Gasteiger partial charge on any atom is 0.0497 e. The van der Waals surface area contributed by atoms with Crippen LogP contribution in [0.15, 0.2) is 24.5 Å². The molecule has 0 aliphatic heterocycles. The van der Waals surface area contributed by atoms with Crippen LogP contribution >= 0.6 is 0 Å². The van der Waals surface area contributed by atoms with Gasteiger partial charge in [0, 0.05) is 37.5 Å². The predicted octanol–water partition coefficient (Wildman–Crippen LogP) is 2.31. The van der Waals surface area contributed by atoms with Gasteiger partial charge in [0.2, 0.25) is 0 Å². The summed E-state index contributed by atoms with van der Waals surface area (Å²) in [6.07, 6.45) is 5.81. The third kappa shape index (κ3) is 4.84. The van der Waals surface area contributed by atoms with Crippen molar-refractivity contribution in [3.05, 3.63) is 30.1 Å². The van der Waals surface area contributed by atoms with Crippen molar-refractivity contribution in [2.45, 2.75) is 33.2 Å². The minimum Gasteiger partial charge on any atom is -0.396 e. The average Bonchev–Trinajstić information content (AvgIpc) is 2.30. The van der Waals surface area contributed by atoms with Gasteiger partial charge in [-0.15, -0.1) is 0 Å². The summed E-state index contributed by atoms with van der Waals surface area (Å²) in [5.74, 6) is 0. The number of aliphatic hydroxyl groups is 1. The topological polar surface area (TPSA) is 36.4 Å². The summed E-state index contributed by atoms with van der Waals surface area (Å²) in [4.78, 5) is 6.28. The lowest BCUT2D eigenvalue weighted by Crippen LogP contribution is -2.35. The van der Waals surface area contributed by atoms with Gasteiger partial charge in [-0.25, -0.2) is 0 Å². The summed E-state index contributed by atoms with van der Waals surface area (Å²) in [5.41, 5.74) is 1.27. The number of aromatic nitrogens is 1. The van der Waals surface area contributed by atoms with Gasteiger partial charge in [-0.1, -0.05) is 20.3 Å². The van der Waals surface area contributed by atoms with E-state index >= 15 is 0 Å². The Kier molecular flexibility index (Phi) is 5.59. The van der Waals surface area contributed by atoms with Crippen LogP contribution in [0.25, 0.3) is 0 Å². The van der Waals surface area contributed by atoms with Crippen LogP contribution in [0.4, 0.5) is 0 Å². The van der Waals surface area contributed by atoms with Crippen LogP contribution in [0, 0.1) is 5.41 Å². The van der Waals surface area contributed by atoms with E-state index in [0.29, 0.717) is 0 Å². The second-order valence-corrected chi connectivity index (χ2v) is 5.25. The minimum atomic E-state index is 0.0104. The summed E-state index contributed by atoms with van der Waals surface area (Å²) in [6.45, 7) is 6.39. The van der Waals surface area contributed by atoms with E-state index in [1.165, 1.54) is 5.56 Å². The van der Waals surface area contributed by atoms with Gasteiger partial charge in [-0.3, -0.25) is 4.98 Å². The maximum atomic E-state index is 9.49. The van der Waals surface area contributed by atoms with Crippen molar-refractivity contribution >= 4 is 0 Å². The summed E-state index contributed by atoms with van der Waals surface area (Å²) in [7, 11) is 2.10. The Hall–Kier alpha value is -0.930. The van der Waals surface area contributed by atoms with E-state index in [1.807, 2.05) is 24.5 Å². The zero-order valence-electron chi connectivity index (χ0n) is 11.2. The van der Waals surface area contributed by atoms with E-state index in [1.54, 1.807) is 0 Å². The molecule has 1 heterocycles. The molecule has 1 N–H and O–H groups in total. The molecule has 17 heavy (non-hydrogen) atoms. The molecule has 1 aromatic rings. The van der Waals surface area contributed by atoms with Gasteiger partial charge in [0.1, 0.15) is 0 Å². The van der Waals surface area contributed by atoms with Crippen molar-refractivity contribution < 1.29 is 5.11 Å². The van der Waals surface area contributed by atoms with E-state index < -0.39 is 0 Å². The van der Waals surface area contributed by atoms with Crippen molar-refractivity contribution in [2.24, 2.45) is 5.41 Å². The Morgan fingerprint density at radius 1 is 1.35 bits per heavy atom. The Morgan fingerprint density at radius 3 is 2.53 bits per heavy atom. The Bertz CT molecular complexity index is 315. The molecule has 0 aromatic carbocycles. The lowest BCUT2D eigenvalue weighted by molar-refractivity contribution is 0.0878. The van der Waals surface area contributed by atoms with Crippen LogP contribution in [0.2, 0.25) is 0 Å². The van der Waals surface area contributed by atoms with Gasteiger partial charge < -0.3 is 10.0 Å². The smallest absolute Gasteiger partial charge is 0.0497 e. The van der Waals surface area contributed by atoms with Gasteiger partial charge in [-0.2, -0.15) is 0 Å². The lowest BCUT2D eigenvalue weighted by atomic mass is 9.86. The minimum absolute atomic E-state index is 0.0104. The molecule has 0 aliphatic rings. The first-order valence-electron chi connectivity index (χ1n) is 6.28. The van der Waals surface area contributed by atoms with Crippen molar-refractivity contribution in [1.29, 1.82) is 0 Å². The Balaban J connectivity index is 2.51. The van der Waals surface area contributed by atoms with Crippen molar-refractivity contribution in [2.75, 3.05) is 20.2 Å². The number of aliphatic hydroxyl groups excluding tert-OH is 1. The second kappa shape index (κ2) is 6.72. The molecular weight excluding hydrogens is 212 g/mol. The van der Waals surface area contributed by atoms with Crippen molar-refractivity contribution in [1.82, 2.24) is 9.88 Å². The van der Waals surface area contributed by atoms with Gasteiger partial charge in [0.05, 0.1) is 0 Å². The molecule has 0 bridgehead atoms. The number of rotatable bonds is 7. The first kappa shape index (κ1) is 14.1. The number of hydrogen-bond acceptors (Lipinski definition) is 3. The highest BCUT2D eigenvalue weighted by molar-refractivity contribution is 5.09. The van der Waals surface area contributed by atoms with E-state index in [4.69, 9.17) is 0 Å². The zero-order chi connectivity index (χ0) is 12.7. The second-order valence-electron chi connectivity index (χ2n) is 5.25. The zero-order valence-corrected chi connectivity index (χ0v) is 11.2. The molecule has 0 amide bonds. The number of pyridine rings is 1.